The minimum absolute atomic E-state index is 0.146. The average Bonchev–Trinajstić information content (AvgIpc) is 3.15. The minimum atomic E-state index is -1.04. The van der Waals surface area contributed by atoms with Crippen molar-refractivity contribution < 1.29 is 33.3 Å². The fourth-order valence-electron chi connectivity index (χ4n) is 2.96. The molecule has 1 aliphatic rings. The molecule has 0 saturated carbocycles. The monoisotopic (exact) mass is 538 g/mol. The van der Waals surface area contributed by atoms with Gasteiger partial charge in [-0.2, -0.15) is 0 Å². The molecule has 4 atom stereocenters. The van der Waals surface area contributed by atoms with E-state index in [1.165, 1.54) is 31.7 Å². The summed E-state index contributed by atoms with van der Waals surface area (Å²) in [6.07, 6.45) is -2.50. The zero-order chi connectivity index (χ0) is 21.3. The van der Waals surface area contributed by atoms with Crippen molar-refractivity contribution in [3.05, 3.63) is 15.3 Å². The van der Waals surface area contributed by atoms with E-state index in [1.807, 2.05) is 22.6 Å². The van der Waals surface area contributed by atoms with E-state index in [1.54, 1.807) is 0 Å². The molecule has 13 heteroatoms. The normalized spacial score (nSPS) is 23.8. The van der Waals surface area contributed by atoms with E-state index < -0.39 is 42.4 Å². The molecule has 0 spiro atoms. The smallest absolute Gasteiger partial charge is 0.303 e. The van der Waals surface area contributed by atoms with Crippen LogP contribution in [0.2, 0.25) is 5.15 Å². The van der Waals surface area contributed by atoms with Gasteiger partial charge in [0.1, 0.15) is 18.2 Å². The number of fused-ring (bicyclic) bond motifs is 1. The SMILES string of the molecule is CC(=O)OC[C@H]1O[C@@H](n2cnc3c(Cl)nc(I)nc32)[C@@H](OC(C)=O)[C@H]1OC(C)=O. The molecular formula is C16H16ClIN4O7. The van der Waals surface area contributed by atoms with Gasteiger partial charge < -0.3 is 18.9 Å². The molecule has 2 aromatic heterocycles. The van der Waals surface area contributed by atoms with Crippen LogP contribution < -0.4 is 0 Å². The molecule has 3 rings (SSSR count). The van der Waals surface area contributed by atoms with Crippen LogP contribution in [0.4, 0.5) is 0 Å². The summed E-state index contributed by atoms with van der Waals surface area (Å²) in [5.74, 6) is -1.76. The van der Waals surface area contributed by atoms with Crippen molar-refractivity contribution in [1.82, 2.24) is 19.5 Å². The lowest BCUT2D eigenvalue weighted by Crippen LogP contribution is -2.40. The van der Waals surface area contributed by atoms with Gasteiger partial charge in [0.05, 0.1) is 6.33 Å². The van der Waals surface area contributed by atoms with Crippen LogP contribution in [-0.2, 0) is 33.3 Å². The van der Waals surface area contributed by atoms with Crippen LogP contribution in [0.15, 0.2) is 6.33 Å². The van der Waals surface area contributed by atoms with Crippen LogP contribution in [0.1, 0.15) is 27.0 Å². The topological polar surface area (TPSA) is 132 Å². The predicted molar refractivity (Wildman–Crippen MR) is 105 cm³/mol. The van der Waals surface area contributed by atoms with Gasteiger partial charge in [-0.05, 0) is 0 Å². The van der Waals surface area contributed by atoms with Crippen molar-refractivity contribution in [1.29, 1.82) is 0 Å². The highest BCUT2D eigenvalue weighted by atomic mass is 127. The van der Waals surface area contributed by atoms with Crippen molar-refractivity contribution >= 4 is 63.3 Å². The number of carbonyl (C=O) groups excluding carboxylic acids is 3. The number of aromatic nitrogens is 4. The van der Waals surface area contributed by atoms with Gasteiger partial charge in [0, 0.05) is 43.4 Å². The first kappa shape index (κ1) is 21.6. The van der Waals surface area contributed by atoms with Gasteiger partial charge in [0.25, 0.3) is 0 Å². The Hall–Kier alpha value is -2.06. The summed E-state index contributed by atoms with van der Waals surface area (Å²) in [5.41, 5.74) is 0.663. The van der Waals surface area contributed by atoms with Crippen molar-refractivity contribution in [2.75, 3.05) is 6.61 Å². The number of halogens is 2. The van der Waals surface area contributed by atoms with E-state index in [-0.39, 0.29) is 11.8 Å². The Morgan fingerprint density at radius 3 is 2.41 bits per heavy atom. The van der Waals surface area contributed by atoms with Gasteiger partial charge in [0.2, 0.25) is 0 Å². The Kier molecular flexibility index (Phi) is 6.53. The number of hydrogen-bond acceptors (Lipinski definition) is 10. The second-order valence-electron chi connectivity index (χ2n) is 6.12. The third-order valence-electron chi connectivity index (χ3n) is 3.97. The van der Waals surface area contributed by atoms with Crippen LogP contribution in [0.3, 0.4) is 0 Å². The second kappa shape index (κ2) is 8.75. The number of hydrogen-bond donors (Lipinski definition) is 0. The molecule has 1 aliphatic heterocycles. The quantitative estimate of drug-likeness (QED) is 0.181. The summed E-state index contributed by atoms with van der Waals surface area (Å²) in [5, 5.41) is 0.146. The molecule has 0 N–H and O–H groups in total. The lowest BCUT2D eigenvalue weighted by atomic mass is 10.1. The Morgan fingerprint density at radius 1 is 1.14 bits per heavy atom. The van der Waals surface area contributed by atoms with Gasteiger partial charge in [-0.3, -0.25) is 19.0 Å². The fourth-order valence-corrected chi connectivity index (χ4v) is 3.79. The number of ether oxygens (including phenoxy) is 4. The van der Waals surface area contributed by atoms with E-state index in [0.29, 0.717) is 15.0 Å². The maximum Gasteiger partial charge on any atom is 0.303 e. The summed E-state index contributed by atoms with van der Waals surface area (Å²) in [6, 6.07) is 0. The van der Waals surface area contributed by atoms with E-state index in [4.69, 9.17) is 30.5 Å². The van der Waals surface area contributed by atoms with Crippen molar-refractivity contribution in [2.24, 2.45) is 0 Å². The van der Waals surface area contributed by atoms with Crippen molar-refractivity contribution in [2.45, 2.75) is 45.3 Å². The summed E-state index contributed by atoms with van der Waals surface area (Å²) in [4.78, 5) is 47.1. The standard InChI is InChI=1S/C16H16ClIN4O7/c1-6(23)26-4-9-11(27-7(2)24)12(28-8(3)25)15(29-9)22-5-19-10-13(17)20-16(18)21-14(10)22/h5,9,11-12,15H,4H2,1-3H3/t9-,11+,12+,15-/m1/s1. The summed E-state index contributed by atoms with van der Waals surface area (Å²) in [6.45, 7) is 3.46. The van der Waals surface area contributed by atoms with Crippen LogP contribution >= 0.6 is 34.2 Å². The maximum atomic E-state index is 11.7. The van der Waals surface area contributed by atoms with Crippen LogP contribution in [0.5, 0.6) is 0 Å². The number of rotatable bonds is 5. The minimum Gasteiger partial charge on any atom is -0.463 e. The highest BCUT2D eigenvalue weighted by Gasteiger charge is 2.51. The molecule has 0 aliphatic carbocycles. The zero-order valence-electron chi connectivity index (χ0n) is 15.5. The van der Waals surface area contributed by atoms with E-state index in [9.17, 15) is 14.4 Å². The molecule has 29 heavy (non-hydrogen) atoms. The molecule has 0 unspecified atom stereocenters. The molecule has 156 valence electrons. The first-order valence-electron chi connectivity index (χ1n) is 8.36. The fraction of sp³-hybridized carbons (Fsp3) is 0.500. The Bertz CT molecular complexity index is 968. The van der Waals surface area contributed by atoms with Gasteiger partial charge in [-0.15, -0.1) is 0 Å². The molecular weight excluding hydrogens is 523 g/mol. The van der Waals surface area contributed by atoms with E-state index in [2.05, 4.69) is 15.0 Å². The molecule has 2 aromatic rings. The molecule has 1 saturated heterocycles. The lowest BCUT2D eigenvalue weighted by Gasteiger charge is -2.23. The molecule has 0 bridgehead atoms. The lowest BCUT2D eigenvalue weighted by molar-refractivity contribution is -0.166. The zero-order valence-corrected chi connectivity index (χ0v) is 18.4. The Balaban J connectivity index is 2.04. The summed E-state index contributed by atoms with van der Waals surface area (Å²) in [7, 11) is 0. The first-order chi connectivity index (χ1) is 13.7. The number of nitrogens with zero attached hydrogens (tertiary/aromatic N) is 4. The van der Waals surface area contributed by atoms with E-state index in [0.717, 1.165) is 0 Å². The predicted octanol–water partition coefficient (Wildman–Crippen LogP) is 1.41. The second-order valence-corrected chi connectivity index (χ2v) is 7.45. The van der Waals surface area contributed by atoms with Gasteiger partial charge in [-0.25, -0.2) is 15.0 Å². The Labute approximate surface area is 183 Å². The molecule has 1 fully saturated rings. The number of imidazole rings is 1. The van der Waals surface area contributed by atoms with Crippen LogP contribution in [0, 0.1) is 3.83 Å². The molecule has 0 amide bonds. The van der Waals surface area contributed by atoms with Gasteiger partial charge in [-0.1, -0.05) is 11.6 Å². The van der Waals surface area contributed by atoms with Crippen molar-refractivity contribution in [3.63, 3.8) is 0 Å². The van der Waals surface area contributed by atoms with Gasteiger partial charge >= 0.3 is 17.9 Å². The van der Waals surface area contributed by atoms with Crippen LogP contribution in [-0.4, -0.2) is 62.3 Å². The van der Waals surface area contributed by atoms with Crippen LogP contribution in [0.25, 0.3) is 11.2 Å². The molecule has 3 heterocycles. The molecule has 11 nitrogen and oxygen atoms in total. The first-order valence-corrected chi connectivity index (χ1v) is 9.82. The largest absolute Gasteiger partial charge is 0.463 e. The van der Waals surface area contributed by atoms with Crippen molar-refractivity contribution in [3.8, 4) is 0 Å². The number of carbonyl (C=O) groups is 3. The third kappa shape index (κ3) is 4.75. The number of esters is 3. The van der Waals surface area contributed by atoms with Gasteiger partial charge in [0.15, 0.2) is 33.1 Å². The molecule has 0 aromatic carbocycles. The average molecular weight is 539 g/mol. The van der Waals surface area contributed by atoms with E-state index >= 15 is 0 Å². The summed E-state index contributed by atoms with van der Waals surface area (Å²) < 4.78 is 23.6. The summed E-state index contributed by atoms with van der Waals surface area (Å²) >= 11 is 8.03. The third-order valence-corrected chi connectivity index (χ3v) is 4.71. The Morgan fingerprint density at radius 2 is 1.79 bits per heavy atom. The highest BCUT2D eigenvalue weighted by molar-refractivity contribution is 14.1. The molecule has 0 radical (unpaired) electrons. The maximum absolute atomic E-state index is 11.7. The highest BCUT2D eigenvalue weighted by Crippen LogP contribution is 2.36.